The van der Waals surface area contributed by atoms with E-state index in [1.165, 1.54) is 0 Å². The highest BCUT2D eigenvalue weighted by atomic mass is 16.5. The van der Waals surface area contributed by atoms with E-state index in [1.807, 2.05) is 20.8 Å². The highest BCUT2D eigenvalue weighted by molar-refractivity contribution is 5.89. The predicted molar refractivity (Wildman–Crippen MR) is 78.0 cm³/mol. The third kappa shape index (κ3) is 3.55. The van der Waals surface area contributed by atoms with E-state index in [2.05, 4.69) is 5.32 Å². The van der Waals surface area contributed by atoms with E-state index >= 15 is 0 Å². The van der Waals surface area contributed by atoms with Gasteiger partial charge in [-0.05, 0) is 19.8 Å². The molecule has 0 spiro atoms. The third-order valence-corrected chi connectivity index (χ3v) is 4.48. The van der Waals surface area contributed by atoms with Crippen molar-refractivity contribution in [3.05, 3.63) is 0 Å². The van der Waals surface area contributed by atoms with Crippen LogP contribution in [0.1, 0.15) is 46.5 Å². The summed E-state index contributed by atoms with van der Waals surface area (Å²) in [5, 5.41) is 12.3. The van der Waals surface area contributed by atoms with Crippen LogP contribution in [0.3, 0.4) is 0 Å². The van der Waals surface area contributed by atoms with Gasteiger partial charge in [0, 0.05) is 38.6 Å². The van der Waals surface area contributed by atoms with Crippen LogP contribution in [-0.4, -0.2) is 48.9 Å². The Hall–Kier alpha value is -1.14. The number of nitrogens with one attached hydrogen (secondary N) is 1. The molecule has 0 bridgehead atoms. The maximum absolute atomic E-state index is 12.0. The molecule has 0 aliphatic heterocycles. The molecule has 2 unspecified atom stereocenters. The van der Waals surface area contributed by atoms with Crippen molar-refractivity contribution in [1.29, 1.82) is 0 Å². The number of amides is 1. The number of hydrogen-bond donors (Lipinski definition) is 2. The fourth-order valence-electron chi connectivity index (χ4n) is 2.87. The molecule has 0 aromatic carbocycles. The Bertz CT molecular complexity index is 382. The number of carboxylic acids is 1. The van der Waals surface area contributed by atoms with Crippen molar-refractivity contribution in [2.24, 2.45) is 5.41 Å². The number of aliphatic carboxylic acids is 1. The monoisotopic (exact) mass is 301 g/mol. The average Bonchev–Trinajstić information content (AvgIpc) is 2.41. The first-order chi connectivity index (χ1) is 9.81. The smallest absolute Gasteiger partial charge is 0.330 e. The van der Waals surface area contributed by atoms with Gasteiger partial charge in [-0.25, -0.2) is 4.79 Å². The standard InChI is InChI=1S/C15H27NO5/c1-5-21-11-10-15(13(18)19,14(11,2)3)16-12(17)8-6-7-9-20-4/h11H,5-10H2,1-4H3,(H,16,17)(H,18,19). The van der Waals surface area contributed by atoms with Crippen LogP contribution in [0.5, 0.6) is 0 Å². The lowest BCUT2D eigenvalue weighted by Crippen LogP contribution is -2.76. The van der Waals surface area contributed by atoms with Crippen molar-refractivity contribution in [3.8, 4) is 0 Å². The molecule has 0 heterocycles. The van der Waals surface area contributed by atoms with Gasteiger partial charge in [-0.3, -0.25) is 4.79 Å². The van der Waals surface area contributed by atoms with Crippen LogP contribution in [0.2, 0.25) is 0 Å². The van der Waals surface area contributed by atoms with Crippen molar-refractivity contribution in [2.75, 3.05) is 20.3 Å². The van der Waals surface area contributed by atoms with Crippen LogP contribution in [0.4, 0.5) is 0 Å². The zero-order chi connectivity index (χ0) is 16.1. The molecule has 6 nitrogen and oxygen atoms in total. The summed E-state index contributed by atoms with van der Waals surface area (Å²) in [6, 6.07) is 0. The van der Waals surface area contributed by atoms with Crippen molar-refractivity contribution >= 4 is 11.9 Å². The molecule has 6 heteroatoms. The minimum atomic E-state index is -1.23. The Balaban J connectivity index is 2.63. The molecular formula is C15H27NO5. The van der Waals surface area contributed by atoms with Gasteiger partial charge in [0.2, 0.25) is 5.91 Å². The summed E-state index contributed by atoms with van der Waals surface area (Å²) in [7, 11) is 1.62. The molecule has 0 aromatic rings. The van der Waals surface area contributed by atoms with Gasteiger partial charge in [0.25, 0.3) is 0 Å². The summed E-state index contributed by atoms with van der Waals surface area (Å²) in [6.07, 6.45) is 1.95. The molecule has 0 radical (unpaired) electrons. The van der Waals surface area contributed by atoms with E-state index < -0.39 is 16.9 Å². The van der Waals surface area contributed by atoms with E-state index in [9.17, 15) is 14.7 Å². The van der Waals surface area contributed by atoms with Crippen LogP contribution >= 0.6 is 0 Å². The highest BCUT2D eigenvalue weighted by Gasteiger charge is 2.66. The molecular weight excluding hydrogens is 274 g/mol. The fraction of sp³-hybridized carbons (Fsp3) is 0.867. The number of carbonyl (C=O) groups is 2. The number of carbonyl (C=O) groups excluding carboxylic acids is 1. The largest absolute Gasteiger partial charge is 0.479 e. The fourth-order valence-corrected chi connectivity index (χ4v) is 2.87. The lowest BCUT2D eigenvalue weighted by atomic mass is 9.54. The number of methoxy groups -OCH3 is 1. The highest BCUT2D eigenvalue weighted by Crippen LogP contribution is 2.51. The van der Waals surface area contributed by atoms with Gasteiger partial charge in [0.05, 0.1) is 6.10 Å². The summed E-state index contributed by atoms with van der Waals surface area (Å²) < 4.78 is 10.5. The first-order valence-corrected chi connectivity index (χ1v) is 7.46. The van der Waals surface area contributed by atoms with Crippen molar-refractivity contribution in [1.82, 2.24) is 5.32 Å². The second-order valence-electron chi connectivity index (χ2n) is 6.08. The topological polar surface area (TPSA) is 84.9 Å². The Labute approximate surface area is 126 Å². The van der Waals surface area contributed by atoms with Crippen molar-refractivity contribution < 1.29 is 24.2 Å². The van der Waals surface area contributed by atoms with Gasteiger partial charge in [-0.2, -0.15) is 0 Å². The molecule has 21 heavy (non-hydrogen) atoms. The molecule has 1 saturated carbocycles. The number of rotatable bonds is 9. The summed E-state index contributed by atoms with van der Waals surface area (Å²) in [6.45, 7) is 6.68. The quantitative estimate of drug-likeness (QED) is 0.632. The van der Waals surface area contributed by atoms with Gasteiger partial charge in [-0.1, -0.05) is 13.8 Å². The number of unbranched alkanes of at least 4 members (excludes halogenated alkanes) is 1. The van der Waals surface area contributed by atoms with E-state index in [0.29, 0.717) is 32.5 Å². The first-order valence-electron chi connectivity index (χ1n) is 7.46. The van der Waals surface area contributed by atoms with Crippen LogP contribution in [0.15, 0.2) is 0 Å². The molecule has 0 saturated heterocycles. The molecule has 122 valence electrons. The first kappa shape index (κ1) is 17.9. The summed E-state index contributed by atoms with van der Waals surface area (Å²) in [5.41, 5.74) is -1.86. The summed E-state index contributed by atoms with van der Waals surface area (Å²) in [4.78, 5) is 23.7. The molecule has 1 aliphatic rings. The van der Waals surface area contributed by atoms with Gasteiger partial charge in [0.15, 0.2) is 0 Å². The Kier molecular flexibility index (Phi) is 6.16. The maximum Gasteiger partial charge on any atom is 0.330 e. The van der Waals surface area contributed by atoms with Crippen LogP contribution in [0, 0.1) is 5.41 Å². The van der Waals surface area contributed by atoms with Gasteiger partial charge in [-0.15, -0.1) is 0 Å². The van der Waals surface area contributed by atoms with Gasteiger partial charge < -0.3 is 19.9 Å². The molecule has 2 atom stereocenters. The Morgan fingerprint density at radius 1 is 1.33 bits per heavy atom. The van der Waals surface area contributed by atoms with E-state index in [-0.39, 0.29) is 12.0 Å². The van der Waals surface area contributed by atoms with Crippen molar-refractivity contribution in [2.45, 2.75) is 58.1 Å². The molecule has 0 aromatic heterocycles. The average molecular weight is 301 g/mol. The lowest BCUT2D eigenvalue weighted by molar-refractivity contribution is -0.194. The molecule has 1 fully saturated rings. The zero-order valence-electron chi connectivity index (χ0n) is 13.4. The normalized spacial score (nSPS) is 27.0. The second-order valence-corrected chi connectivity index (χ2v) is 6.08. The Morgan fingerprint density at radius 2 is 2.00 bits per heavy atom. The SMILES string of the molecule is CCOC1CC(NC(=O)CCCCOC)(C(=O)O)C1(C)C. The minimum absolute atomic E-state index is 0.146. The van der Waals surface area contributed by atoms with Gasteiger partial charge in [0.1, 0.15) is 5.54 Å². The van der Waals surface area contributed by atoms with E-state index in [0.717, 1.165) is 6.42 Å². The number of ether oxygens (including phenoxy) is 2. The molecule has 1 rings (SSSR count). The summed E-state index contributed by atoms with van der Waals surface area (Å²) >= 11 is 0. The summed E-state index contributed by atoms with van der Waals surface area (Å²) in [5.74, 6) is -1.22. The second kappa shape index (κ2) is 7.22. The minimum Gasteiger partial charge on any atom is -0.479 e. The lowest BCUT2D eigenvalue weighted by Gasteiger charge is -2.58. The number of carboxylic acid groups (broad SMARTS) is 1. The van der Waals surface area contributed by atoms with Crippen LogP contribution < -0.4 is 5.32 Å². The Morgan fingerprint density at radius 3 is 2.48 bits per heavy atom. The van der Waals surface area contributed by atoms with Gasteiger partial charge >= 0.3 is 5.97 Å². The number of hydrogen-bond acceptors (Lipinski definition) is 4. The van der Waals surface area contributed by atoms with Crippen LogP contribution in [-0.2, 0) is 19.1 Å². The zero-order valence-corrected chi connectivity index (χ0v) is 13.4. The predicted octanol–water partition coefficient (Wildman–Crippen LogP) is 1.58. The molecule has 1 amide bonds. The molecule has 1 aliphatic carbocycles. The van der Waals surface area contributed by atoms with Crippen LogP contribution in [0.25, 0.3) is 0 Å². The molecule has 2 N–H and O–H groups in total. The van der Waals surface area contributed by atoms with Crippen molar-refractivity contribution in [3.63, 3.8) is 0 Å². The maximum atomic E-state index is 12.0. The third-order valence-electron chi connectivity index (χ3n) is 4.48. The van der Waals surface area contributed by atoms with E-state index in [4.69, 9.17) is 9.47 Å². The van der Waals surface area contributed by atoms with E-state index in [1.54, 1.807) is 7.11 Å².